The van der Waals surface area contributed by atoms with Gasteiger partial charge in [0.15, 0.2) is 6.19 Å². The summed E-state index contributed by atoms with van der Waals surface area (Å²) in [4.78, 5) is 1.37. The van der Waals surface area contributed by atoms with Crippen LogP contribution in [0.4, 0.5) is 5.69 Å². The minimum atomic E-state index is 0.449. The highest BCUT2D eigenvalue weighted by atomic mass is 35.5. The summed E-state index contributed by atoms with van der Waals surface area (Å²) in [5.74, 6) is 1.04. The second-order valence-corrected chi connectivity index (χ2v) is 3.22. The minimum absolute atomic E-state index is 0.449. The van der Waals surface area contributed by atoms with Crippen molar-refractivity contribution in [2.45, 2.75) is 0 Å². The largest absolute Gasteiger partial charge is 0.495 e. The third-order valence-electron chi connectivity index (χ3n) is 1.96. The first-order valence-corrected chi connectivity index (χ1v) is 4.56. The Kier molecular flexibility index (Phi) is 3.64. The number of anilines is 1. The molecule has 0 radical (unpaired) electrons. The number of hydrogen-bond acceptors (Lipinski definition) is 4. The maximum Gasteiger partial charge on any atom is 0.184 e. The van der Waals surface area contributed by atoms with E-state index in [1.54, 1.807) is 19.2 Å². The van der Waals surface area contributed by atoms with Gasteiger partial charge in [-0.15, -0.1) is 0 Å². The summed E-state index contributed by atoms with van der Waals surface area (Å²) in [6, 6.07) is 3.27. The number of nitrogens with zero attached hydrogens (tertiary/aromatic N) is 2. The van der Waals surface area contributed by atoms with Gasteiger partial charge in [0.1, 0.15) is 11.5 Å². The van der Waals surface area contributed by atoms with Gasteiger partial charge in [-0.1, -0.05) is 11.6 Å². The quantitative estimate of drug-likeness (QED) is 0.586. The van der Waals surface area contributed by atoms with Crippen LogP contribution in [0.25, 0.3) is 0 Å². The number of rotatable bonds is 3. The van der Waals surface area contributed by atoms with Crippen molar-refractivity contribution in [1.29, 1.82) is 5.26 Å². The van der Waals surface area contributed by atoms with Crippen molar-refractivity contribution in [2.75, 3.05) is 26.2 Å². The monoisotopic (exact) mass is 226 g/mol. The van der Waals surface area contributed by atoms with Gasteiger partial charge in [0.2, 0.25) is 0 Å². The van der Waals surface area contributed by atoms with Crippen LogP contribution in [0.5, 0.6) is 11.5 Å². The maximum absolute atomic E-state index is 8.79. The second-order valence-electron chi connectivity index (χ2n) is 2.82. The predicted octanol–water partition coefficient (Wildman–Crippen LogP) is 2.27. The number of nitriles is 1. The molecule has 1 rings (SSSR count). The Morgan fingerprint density at radius 3 is 2.33 bits per heavy atom. The van der Waals surface area contributed by atoms with Crippen LogP contribution in [0.2, 0.25) is 5.02 Å². The first-order chi connectivity index (χ1) is 7.13. The zero-order valence-electron chi connectivity index (χ0n) is 8.74. The van der Waals surface area contributed by atoms with E-state index in [1.807, 2.05) is 6.19 Å². The van der Waals surface area contributed by atoms with Gasteiger partial charge in [0.05, 0.1) is 24.9 Å². The number of ether oxygens (including phenoxy) is 2. The average Bonchev–Trinajstić information content (AvgIpc) is 2.27. The molecule has 80 valence electrons. The Labute approximate surface area is 93.6 Å². The van der Waals surface area contributed by atoms with E-state index in [-0.39, 0.29) is 0 Å². The molecule has 0 aliphatic carbocycles. The van der Waals surface area contributed by atoms with Crippen molar-refractivity contribution < 1.29 is 9.47 Å². The molecule has 4 nitrogen and oxygen atoms in total. The van der Waals surface area contributed by atoms with Crippen LogP contribution in [-0.4, -0.2) is 21.3 Å². The van der Waals surface area contributed by atoms with Crippen LogP contribution in [0.1, 0.15) is 0 Å². The normalized spacial score (nSPS) is 9.27. The Balaban J connectivity index is 3.30. The van der Waals surface area contributed by atoms with Gasteiger partial charge in [-0.2, -0.15) is 5.26 Å². The zero-order chi connectivity index (χ0) is 11.4. The molecule has 0 aliphatic heterocycles. The van der Waals surface area contributed by atoms with Gasteiger partial charge < -0.3 is 9.47 Å². The molecule has 0 fully saturated rings. The molecule has 5 heteroatoms. The summed E-state index contributed by atoms with van der Waals surface area (Å²) < 4.78 is 10.2. The van der Waals surface area contributed by atoms with Crippen LogP contribution in [-0.2, 0) is 0 Å². The Bertz CT molecular complexity index is 401. The summed E-state index contributed by atoms with van der Waals surface area (Å²) in [6.45, 7) is 0. The number of methoxy groups -OCH3 is 2. The van der Waals surface area contributed by atoms with Crippen LogP contribution in [0, 0.1) is 11.5 Å². The standard InChI is InChI=1S/C10H11ClN2O2/c1-13(6-12)8-5-9(14-2)7(11)4-10(8)15-3/h4-5H,1-3H3. The Morgan fingerprint density at radius 2 is 1.87 bits per heavy atom. The van der Waals surface area contributed by atoms with Crippen LogP contribution < -0.4 is 14.4 Å². The molecule has 0 bridgehead atoms. The number of hydrogen-bond donors (Lipinski definition) is 0. The molecule has 0 aromatic heterocycles. The molecule has 1 aromatic carbocycles. The van der Waals surface area contributed by atoms with E-state index < -0.39 is 0 Å². The van der Waals surface area contributed by atoms with Gasteiger partial charge in [-0.05, 0) is 0 Å². The first-order valence-electron chi connectivity index (χ1n) is 4.19. The van der Waals surface area contributed by atoms with Gasteiger partial charge in [-0.25, -0.2) is 0 Å². The third-order valence-corrected chi connectivity index (χ3v) is 2.26. The zero-order valence-corrected chi connectivity index (χ0v) is 9.50. The molecule has 0 aliphatic rings. The topological polar surface area (TPSA) is 45.5 Å². The lowest BCUT2D eigenvalue weighted by molar-refractivity contribution is 0.404. The summed E-state index contributed by atoms with van der Waals surface area (Å²) >= 11 is 5.92. The molecule has 0 N–H and O–H groups in total. The smallest absolute Gasteiger partial charge is 0.184 e. The maximum atomic E-state index is 8.79. The molecule has 0 saturated heterocycles. The summed E-state index contributed by atoms with van der Waals surface area (Å²) in [5, 5.41) is 9.24. The summed E-state index contributed by atoms with van der Waals surface area (Å²) in [5.41, 5.74) is 0.612. The molecule has 0 unspecified atom stereocenters. The van der Waals surface area contributed by atoms with Crippen LogP contribution in [0.15, 0.2) is 12.1 Å². The van der Waals surface area contributed by atoms with Crippen molar-refractivity contribution >= 4 is 17.3 Å². The highest BCUT2D eigenvalue weighted by molar-refractivity contribution is 6.32. The lowest BCUT2D eigenvalue weighted by atomic mass is 10.2. The van der Waals surface area contributed by atoms with Gasteiger partial charge >= 0.3 is 0 Å². The Morgan fingerprint density at radius 1 is 1.27 bits per heavy atom. The van der Waals surface area contributed by atoms with E-state index in [9.17, 15) is 0 Å². The van der Waals surface area contributed by atoms with E-state index >= 15 is 0 Å². The molecular formula is C10H11ClN2O2. The van der Waals surface area contributed by atoms with E-state index in [2.05, 4.69) is 0 Å². The Hall–Kier alpha value is -1.60. The fraction of sp³-hybridized carbons (Fsp3) is 0.300. The SMILES string of the molecule is COc1cc(N(C)C#N)c(OC)cc1Cl. The van der Waals surface area contributed by atoms with Crippen molar-refractivity contribution in [3.8, 4) is 17.7 Å². The van der Waals surface area contributed by atoms with Crippen molar-refractivity contribution in [1.82, 2.24) is 0 Å². The summed E-state index contributed by atoms with van der Waals surface area (Å²) in [6.07, 6.45) is 1.98. The first kappa shape index (κ1) is 11.5. The van der Waals surface area contributed by atoms with Crippen LogP contribution >= 0.6 is 11.6 Å². The van der Waals surface area contributed by atoms with Crippen molar-refractivity contribution in [2.24, 2.45) is 0 Å². The van der Waals surface area contributed by atoms with Gasteiger partial charge in [-0.3, -0.25) is 4.90 Å². The fourth-order valence-corrected chi connectivity index (χ4v) is 1.39. The molecule has 0 heterocycles. The van der Waals surface area contributed by atoms with Crippen molar-refractivity contribution in [3.63, 3.8) is 0 Å². The minimum Gasteiger partial charge on any atom is -0.495 e. The fourth-order valence-electron chi connectivity index (χ4n) is 1.16. The van der Waals surface area contributed by atoms with E-state index in [0.29, 0.717) is 22.2 Å². The third kappa shape index (κ3) is 2.25. The second kappa shape index (κ2) is 4.76. The number of halogens is 1. The molecule has 0 spiro atoms. The van der Waals surface area contributed by atoms with E-state index in [1.165, 1.54) is 19.1 Å². The summed E-state index contributed by atoms with van der Waals surface area (Å²) in [7, 11) is 4.67. The lowest BCUT2D eigenvalue weighted by Crippen LogP contribution is -2.09. The van der Waals surface area contributed by atoms with E-state index in [4.69, 9.17) is 26.3 Å². The van der Waals surface area contributed by atoms with Gasteiger partial charge in [0.25, 0.3) is 0 Å². The number of benzene rings is 1. The predicted molar refractivity (Wildman–Crippen MR) is 58.6 cm³/mol. The van der Waals surface area contributed by atoms with Crippen LogP contribution in [0.3, 0.4) is 0 Å². The molecular weight excluding hydrogens is 216 g/mol. The molecule has 0 atom stereocenters. The average molecular weight is 227 g/mol. The molecule has 0 saturated carbocycles. The molecule has 1 aromatic rings. The highest BCUT2D eigenvalue weighted by Gasteiger charge is 2.12. The molecule has 15 heavy (non-hydrogen) atoms. The van der Waals surface area contributed by atoms with E-state index in [0.717, 1.165) is 0 Å². The lowest BCUT2D eigenvalue weighted by Gasteiger charge is -2.15. The van der Waals surface area contributed by atoms with Gasteiger partial charge in [0, 0.05) is 19.2 Å². The molecule has 0 amide bonds. The van der Waals surface area contributed by atoms with Crippen molar-refractivity contribution in [3.05, 3.63) is 17.2 Å². The highest BCUT2D eigenvalue weighted by Crippen LogP contribution is 2.37.